The molecule has 0 spiro atoms. The van der Waals surface area contributed by atoms with Crippen LogP contribution < -0.4 is 20.3 Å². The van der Waals surface area contributed by atoms with Crippen LogP contribution in [0.5, 0.6) is 5.88 Å². The van der Waals surface area contributed by atoms with Crippen molar-refractivity contribution in [2.75, 3.05) is 18.0 Å². The van der Waals surface area contributed by atoms with Crippen LogP contribution in [0, 0.1) is 5.41 Å². The average molecular weight is 563 g/mol. The highest BCUT2D eigenvalue weighted by atomic mass is 16.5. The molecule has 41 heavy (non-hydrogen) atoms. The second kappa shape index (κ2) is 12.2. The molecule has 1 saturated heterocycles. The molecule has 1 aromatic carbocycles. The van der Waals surface area contributed by atoms with E-state index >= 15 is 0 Å². The van der Waals surface area contributed by atoms with Crippen LogP contribution in [-0.4, -0.2) is 47.3 Å². The third-order valence-electron chi connectivity index (χ3n) is 8.81. The Morgan fingerprint density at radius 1 is 0.854 bits per heavy atom. The molecule has 0 amide bonds. The Labute approximate surface area is 251 Å². The maximum atomic E-state index is 6.22. The molecule has 0 radical (unpaired) electrons. The molecule has 1 aromatic heterocycles. The summed E-state index contributed by atoms with van der Waals surface area (Å²) >= 11 is 0. The summed E-state index contributed by atoms with van der Waals surface area (Å²) in [5, 5.41) is 7.69. The summed E-state index contributed by atoms with van der Waals surface area (Å²) in [5.41, 5.74) is 4.70. The Morgan fingerprint density at radius 2 is 1.54 bits per heavy atom. The molecule has 5 heteroatoms. The predicted octanol–water partition coefficient (Wildman–Crippen LogP) is 7.67. The van der Waals surface area contributed by atoms with Crippen LogP contribution >= 0.6 is 0 Å². The molecule has 228 valence electrons. The van der Waals surface area contributed by atoms with Gasteiger partial charge >= 0.3 is 0 Å². The van der Waals surface area contributed by atoms with Gasteiger partial charge in [-0.05, 0) is 113 Å². The molecule has 5 nitrogen and oxygen atoms in total. The van der Waals surface area contributed by atoms with Gasteiger partial charge in [0.2, 0.25) is 5.88 Å². The second-order valence-electron chi connectivity index (χ2n) is 16.4. The summed E-state index contributed by atoms with van der Waals surface area (Å²) in [7, 11) is 0. The van der Waals surface area contributed by atoms with Crippen LogP contribution in [0.25, 0.3) is 0 Å². The maximum absolute atomic E-state index is 6.22. The summed E-state index contributed by atoms with van der Waals surface area (Å²) in [5.74, 6) is 0.761. The van der Waals surface area contributed by atoms with Crippen molar-refractivity contribution in [2.45, 2.75) is 142 Å². The number of hydrogen-bond acceptors (Lipinski definition) is 5. The molecule has 2 aromatic rings. The summed E-state index contributed by atoms with van der Waals surface area (Å²) in [6.45, 7) is 25.2. The third-order valence-corrected chi connectivity index (χ3v) is 8.81. The quantitative estimate of drug-likeness (QED) is 0.294. The SMILES string of the molecule is CC(C)(CCC(C)(C)NC1CC(Oc2cc(C(C)(C)C)ccn2)C1)Cc1ccc(N2CC[C@@H](NC(C)(C)C)C2)cc1. The number of hydrogen-bond donors (Lipinski definition) is 2. The standard InChI is InChI=1S/C36H58N4O/c1-33(2,3)27-15-19-37-32(21-27)41-31-22-29(23-31)39-36(9,10)18-17-35(7,8)24-26-11-13-30(14-12-26)40-20-16-28(25-40)38-34(4,5)6/h11-15,19,21,28-29,31,38-39H,16-18,20,22-25H2,1-10H3/t28-,29?,31?/m1/s1. The number of nitrogens with one attached hydrogen (secondary N) is 2. The Balaban J connectivity index is 1.19. The van der Waals surface area contributed by atoms with Crippen molar-refractivity contribution < 1.29 is 4.74 Å². The third kappa shape index (κ3) is 9.71. The smallest absolute Gasteiger partial charge is 0.213 e. The van der Waals surface area contributed by atoms with Crippen molar-refractivity contribution in [2.24, 2.45) is 5.41 Å². The van der Waals surface area contributed by atoms with Crippen molar-refractivity contribution >= 4 is 5.69 Å². The lowest BCUT2D eigenvalue weighted by Gasteiger charge is -2.42. The van der Waals surface area contributed by atoms with Gasteiger partial charge < -0.3 is 20.3 Å². The van der Waals surface area contributed by atoms with Crippen molar-refractivity contribution in [3.63, 3.8) is 0 Å². The molecule has 1 saturated carbocycles. The van der Waals surface area contributed by atoms with E-state index < -0.39 is 0 Å². The van der Waals surface area contributed by atoms with Gasteiger partial charge in [-0.25, -0.2) is 4.98 Å². The monoisotopic (exact) mass is 562 g/mol. The number of anilines is 1. The topological polar surface area (TPSA) is 49.4 Å². The number of rotatable bonds is 11. The Morgan fingerprint density at radius 3 is 2.17 bits per heavy atom. The first-order chi connectivity index (χ1) is 19.0. The lowest BCUT2D eigenvalue weighted by Crippen LogP contribution is -2.54. The van der Waals surface area contributed by atoms with Gasteiger partial charge in [-0.3, -0.25) is 0 Å². The molecule has 2 aliphatic rings. The van der Waals surface area contributed by atoms with Crippen LogP contribution in [0.2, 0.25) is 0 Å². The van der Waals surface area contributed by atoms with Crippen LogP contribution in [0.15, 0.2) is 42.6 Å². The number of ether oxygens (including phenoxy) is 1. The highest BCUT2D eigenvalue weighted by molar-refractivity contribution is 5.49. The van der Waals surface area contributed by atoms with Gasteiger partial charge in [0.05, 0.1) is 0 Å². The molecular formula is C36H58N4O. The summed E-state index contributed by atoms with van der Waals surface area (Å²) < 4.78 is 6.22. The average Bonchev–Trinajstić information content (AvgIpc) is 3.28. The Kier molecular flexibility index (Phi) is 9.50. The van der Waals surface area contributed by atoms with Crippen LogP contribution in [0.1, 0.15) is 112 Å². The van der Waals surface area contributed by atoms with Gasteiger partial charge in [-0.2, -0.15) is 0 Å². The zero-order chi connectivity index (χ0) is 30.1. The normalized spacial score (nSPS) is 22.1. The van der Waals surface area contributed by atoms with Gasteiger partial charge in [-0.1, -0.05) is 46.8 Å². The molecule has 1 aliphatic carbocycles. The fraction of sp³-hybridized carbons (Fsp3) is 0.694. The largest absolute Gasteiger partial charge is 0.474 e. The molecule has 1 atom stereocenters. The highest BCUT2D eigenvalue weighted by Gasteiger charge is 2.35. The Hall–Kier alpha value is -2.11. The van der Waals surface area contributed by atoms with E-state index in [-0.39, 0.29) is 28.0 Å². The number of benzene rings is 1. The van der Waals surface area contributed by atoms with Crippen LogP contribution in [-0.2, 0) is 11.8 Å². The molecular weight excluding hydrogens is 504 g/mol. The molecule has 2 heterocycles. The highest BCUT2D eigenvalue weighted by Crippen LogP contribution is 2.34. The molecule has 0 bridgehead atoms. The van der Waals surface area contributed by atoms with Crippen molar-refractivity contribution in [1.82, 2.24) is 15.6 Å². The minimum absolute atomic E-state index is 0.105. The fourth-order valence-corrected chi connectivity index (χ4v) is 6.36. The van der Waals surface area contributed by atoms with Crippen molar-refractivity contribution in [1.29, 1.82) is 0 Å². The molecule has 4 rings (SSSR count). The lowest BCUT2D eigenvalue weighted by molar-refractivity contribution is 0.0643. The van der Waals surface area contributed by atoms with E-state index in [9.17, 15) is 0 Å². The number of pyridine rings is 1. The van der Waals surface area contributed by atoms with Gasteiger partial charge in [0, 0.05) is 54.2 Å². The summed E-state index contributed by atoms with van der Waals surface area (Å²) in [6.07, 6.45) is 8.90. The second-order valence-corrected chi connectivity index (χ2v) is 16.4. The summed E-state index contributed by atoms with van der Waals surface area (Å²) in [4.78, 5) is 6.99. The van der Waals surface area contributed by atoms with E-state index in [1.807, 2.05) is 6.20 Å². The van der Waals surface area contributed by atoms with Gasteiger partial charge in [0.25, 0.3) is 0 Å². The maximum Gasteiger partial charge on any atom is 0.213 e. The first kappa shape index (κ1) is 31.8. The predicted molar refractivity (Wildman–Crippen MR) is 174 cm³/mol. The first-order valence-corrected chi connectivity index (χ1v) is 16.0. The fourth-order valence-electron chi connectivity index (χ4n) is 6.36. The van der Waals surface area contributed by atoms with E-state index in [2.05, 4.69) is 126 Å². The minimum atomic E-state index is 0.105. The minimum Gasteiger partial charge on any atom is -0.474 e. The number of nitrogens with zero attached hydrogens (tertiary/aromatic N) is 2. The van der Waals surface area contributed by atoms with E-state index in [1.165, 1.54) is 29.7 Å². The van der Waals surface area contributed by atoms with Crippen LogP contribution in [0.4, 0.5) is 5.69 Å². The van der Waals surface area contributed by atoms with E-state index in [1.54, 1.807) is 0 Å². The molecule has 1 aliphatic heterocycles. The Bertz CT molecular complexity index is 1120. The molecule has 0 unspecified atom stereocenters. The van der Waals surface area contributed by atoms with E-state index in [0.29, 0.717) is 12.1 Å². The van der Waals surface area contributed by atoms with Crippen LogP contribution in [0.3, 0.4) is 0 Å². The van der Waals surface area contributed by atoms with Gasteiger partial charge in [0.1, 0.15) is 6.10 Å². The van der Waals surface area contributed by atoms with Gasteiger partial charge in [-0.15, -0.1) is 0 Å². The lowest BCUT2D eigenvalue weighted by atomic mass is 9.77. The molecule has 2 fully saturated rings. The summed E-state index contributed by atoms with van der Waals surface area (Å²) in [6, 6.07) is 14.7. The zero-order valence-electron chi connectivity index (χ0n) is 27.7. The van der Waals surface area contributed by atoms with E-state index in [4.69, 9.17) is 4.74 Å². The molecule has 2 N–H and O–H groups in total. The van der Waals surface area contributed by atoms with Crippen molar-refractivity contribution in [3.05, 3.63) is 53.7 Å². The van der Waals surface area contributed by atoms with E-state index in [0.717, 1.165) is 44.7 Å². The zero-order valence-corrected chi connectivity index (χ0v) is 27.7. The number of aromatic nitrogens is 1. The van der Waals surface area contributed by atoms with Gasteiger partial charge in [0.15, 0.2) is 0 Å². The first-order valence-electron chi connectivity index (χ1n) is 16.0. The van der Waals surface area contributed by atoms with Crippen molar-refractivity contribution in [3.8, 4) is 5.88 Å².